The maximum absolute atomic E-state index is 12.5. The first-order valence-corrected chi connectivity index (χ1v) is 11.4. The number of anilines is 1. The molecule has 9 heteroatoms. The van der Waals surface area contributed by atoms with Crippen LogP contribution in [0.4, 0.5) is 10.5 Å². The molecule has 0 bridgehead atoms. The van der Waals surface area contributed by atoms with Gasteiger partial charge < -0.3 is 20.7 Å². The zero-order chi connectivity index (χ0) is 25.4. The van der Waals surface area contributed by atoms with Crippen LogP contribution >= 0.6 is 0 Å². The monoisotopic (exact) mass is 477 g/mol. The molecule has 184 valence electrons. The third-order valence-electron chi connectivity index (χ3n) is 5.32. The van der Waals surface area contributed by atoms with Gasteiger partial charge in [-0.1, -0.05) is 42.5 Å². The van der Waals surface area contributed by atoms with Crippen LogP contribution in [0.25, 0.3) is 0 Å². The Hall–Kier alpha value is -4.14. The van der Waals surface area contributed by atoms with Crippen molar-refractivity contribution in [3.63, 3.8) is 0 Å². The van der Waals surface area contributed by atoms with Gasteiger partial charge in [0.15, 0.2) is 6.61 Å². The Morgan fingerprint density at radius 3 is 2.40 bits per heavy atom. The van der Waals surface area contributed by atoms with Crippen molar-refractivity contribution in [3.8, 4) is 0 Å². The number of benzene rings is 2. The van der Waals surface area contributed by atoms with Crippen molar-refractivity contribution < 1.29 is 19.1 Å². The highest BCUT2D eigenvalue weighted by molar-refractivity contribution is 6.01. The lowest BCUT2D eigenvalue weighted by Gasteiger charge is -2.13. The first-order chi connectivity index (χ1) is 16.7. The lowest BCUT2D eigenvalue weighted by Crippen LogP contribution is -2.34. The highest BCUT2D eigenvalue weighted by Gasteiger charge is 2.17. The number of amides is 3. The van der Waals surface area contributed by atoms with Crippen LogP contribution in [0.1, 0.15) is 46.7 Å². The highest BCUT2D eigenvalue weighted by Crippen LogP contribution is 2.17. The van der Waals surface area contributed by atoms with E-state index in [1.165, 1.54) is 6.07 Å². The number of para-hydroxylation sites is 1. The zero-order valence-corrected chi connectivity index (χ0v) is 20.4. The van der Waals surface area contributed by atoms with Crippen molar-refractivity contribution in [1.29, 1.82) is 0 Å². The SMILES string of the molecule is Cc1nn(Cc2ccccc2)c(C)c1CNC(=O)COC(=O)c1ccccc1NC(=O)NC(C)C. The number of ether oxygens (including phenoxy) is 1. The Labute approximate surface area is 204 Å². The fraction of sp³-hybridized carbons (Fsp3) is 0.308. The molecule has 0 saturated carbocycles. The van der Waals surface area contributed by atoms with Crippen LogP contribution in [0.5, 0.6) is 0 Å². The Kier molecular flexibility index (Phi) is 8.61. The second kappa shape index (κ2) is 11.8. The zero-order valence-electron chi connectivity index (χ0n) is 20.4. The number of nitrogens with one attached hydrogen (secondary N) is 3. The number of rotatable bonds is 9. The molecule has 1 aromatic heterocycles. The van der Waals surface area contributed by atoms with Crippen LogP contribution in [0, 0.1) is 13.8 Å². The van der Waals surface area contributed by atoms with Gasteiger partial charge in [-0.15, -0.1) is 0 Å². The normalized spacial score (nSPS) is 10.7. The first kappa shape index (κ1) is 25.5. The van der Waals surface area contributed by atoms with E-state index in [1.807, 2.05) is 62.7 Å². The number of carbonyl (C=O) groups is 3. The summed E-state index contributed by atoms with van der Waals surface area (Å²) in [6, 6.07) is 16.0. The van der Waals surface area contributed by atoms with Crippen molar-refractivity contribution >= 4 is 23.6 Å². The van der Waals surface area contributed by atoms with E-state index in [0.717, 1.165) is 22.5 Å². The number of hydrogen-bond donors (Lipinski definition) is 3. The molecule has 0 saturated heterocycles. The van der Waals surface area contributed by atoms with Gasteiger partial charge in [0.05, 0.1) is 23.5 Å². The molecule has 1 heterocycles. The van der Waals surface area contributed by atoms with Gasteiger partial charge in [-0.25, -0.2) is 9.59 Å². The van der Waals surface area contributed by atoms with Gasteiger partial charge in [-0.3, -0.25) is 9.48 Å². The summed E-state index contributed by atoms with van der Waals surface area (Å²) >= 11 is 0. The molecule has 0 fully saturated rings. The topological polar surface area (TPSA) is 114 Å². The van der Waals surface area contributed by atoms with Crippen molar-refractivity contribution in [3.05, 3.63) is 82.7 Å². The van der Waals surface area contributed by atoms with Gasteiger partial charge in [0.2, 0.25) is 0 Å². The van der Waals surface area contributed by atoms with Gasteiger partial charge in [-0.2, -0.15) is 5.10 Å². The summed E-state index contributed by atoms with van der Waals surface area (Å²) in [5, 5.41) is 12.7. The second-order valence-corrected chi connectivity index (χ2v) is 8.44. The molecule has 0 unspecified atom stereocenters. The summed E-state index contributed by atoms with van der Waals surface area (Å²) in [4.78, 5) is 36.9. The minimum absolute atomic E-state index is 0.0597. The summed E-state index contributed by atoms with van der Waals surface area (Å²) in [5.74, 6) is -1.14. The second-order valence-electron chi connectivity index (χ2n) is 8.44. The van der Waals surface area contributed by atoms with E-state index < -0.39 is 24.5 Å². The Balaban J connectivity index is 1.54. The maximum Gasteiger partial charge on any atom is 0.340 e. The van der Waals surface area contributed by atoms with Crippen LogP contribution in [-0.4, -0.2) is 40.3 Å². The Morgan fingerprint density at radius 2 is 1.69 bits per heavy atom. The van der Waals surface area contributed by atoms with E-state index in [4.69, 9.17) is 4.74 Å². The molecule has 3 aromatic rings. The number of esters is 1. The number of urea groups is 1. The average Bonchev–Trinajstić information content (AvgIpc) is 3.08. The molecule has 0 aliphatic carbocycles. The largest absolute Gasteiger partial charge is 0.452 e. The number of hydrogen-bond acceptors (Lipinski definition) is 5. The fourth-order valence-electron chi connectivity index (χ4n) is 3.54. The predicted molar refractivity (Wildman–Crippen MR) is 133 cm³/mol. The molecule has 3 amide bonds. The van der Waals surface area contributed by atoms with E-state index in [0.29, 0.717) is 12.2 Å². The number of carbonyl (C=O) groups excluding carboxylic acids is 3. The number of aryl methyl sites for hydroxylation is 1. The fourth-order valence-corrected chi connectivity index (χ4v) is 3.54. The Morgan fingerprint density at radius 1 is 1.00 bits per heavy atom. The minimum Gasteiger partial charge on any atom is -0.452 e. The average molecular weight is 478 g/mol. The lowest BCUT2D eigenvalue weighted by atomic mass is 10.2. The van der Waals surface area contributed by atoms with Gasteiger partial charge in [0.25, 0.3) is 5.91 Å². The van der Waals surface area contributed by atoms with E-state index >= 15 is 0 Å². The van der Waals surface area contributed by atoms with E-state index in [2.05, 4.69) is 21.0 Å². The highest BCUT2D eigenvalue weighted by atomic mass is 16.5. The van der Waals surface area contributed by atoms with Gasteiger partial charge in [-0.05, 0) is 45.4 Å². The molecule has 35 heavy (non-hydrogen) atoms. The third kappa shape index (κ3) is 7.17. The standard InChI is InChI=1S/C26H31N5O4/c1-17(2)28-26(34)29-23-13-9-8-12-21(23)25(33)35-16-24(32)27-14-22-18(3)30-31(19(22)4)15-20-10-6-5-7-11-20/h5-13,17H,14-16H2,1-4H3,(H,27,32)(H2,28,29,34). The van der Waals surface area contributed by atoms with Crippen molar-refractivity contribution in [2.24, 2.45) is 0 Å². The molecule has 2 aromatic carbocycles. The van der Waals surface area contributed by atoms with E-state index in [-0.39, 0.29) is 18.2 Å². The third-order valence-corrected chi connectivity index (χ3v) is 5.32. The summed E-state index contributed by atoms with van der Waals surface area (Å²) in [7, 11) is 0. The summed E-state index contributed by atoms with van der Waals surface area (Å²) < 4.78 is 7.09. The molecular formula is C26H31N5O4. The van der Waals surface area contributed by atoms with Crippen molar-refractivity contribution in [2.45, 2.75) is 46.8 Å². The van der Waals surface area contributed by atoms with Crippen LogP contribution in [0.3, 0.4) is 0 Å². The van der Waals surface area contributed by atoms with Crippen molar-refractivity contribution in [2.75, 3.05) is 11.9 Å². The molecule has 0 aliphatic heterocycles. The smallest absolute Gasteiger partial charge is 0.340 e. The molecule has 0 atom stereocenters. The summed E-state index contributed by atoms with van der Waals surface area (Å²) in [6.45, 7) is 7.99. The van der Waals surface area contributed by atoms with Gasteiger partial charge in [0, 0.05) is 23.8 Å². The molecule has 9 nitrogen and oxygen atoms in total. The van der Waals surface area contributed by atoms with Crippen LogP contribution in [0.2, 0.25) is 0 Å². The van der Waals surface area contributed by atoms with Crippen LogP contribution < -0.4 is 16.0 Å². The van der Waals surface area contributed by atoms with E-state index in [1.54, 1.807) is 18.2 Å². The summed E-state index contributed by atoms with van der Waals surface area (Å²) in [6.07, 6.45) is 0. The molecule has 3 rings (SSSR count). The van der Waals surface area contributed by atoms with E-state index in [9.17, 15) is 14.4 Å². The van der Waals surface area contributed by atoms with Crippen LogP contribution in [-0.2, 0) is 22.6 Å². The van der Waals surface area contributed by atoms with Gasteiger partial charge in [0.1, 0.15) is 0 Å². The maximum atomic E-state index is 12.5. The summed E-state index contributed by atoms with van der Waals surface area (Å²) in [5.41, 5.74) is 4.31. The quantitative estimate of drug-likeness (QED) is 0.408. The van der Waals surface area contributed by atoms with Gasteiger partial charge >= 0.3 is 12.0 Å². The molecule has 0 spiro atoms. The predicted octanol–water partition coefficient (Wildman–Crippen LogP) is 3.55. The van der Waals surface area contributed by atoms with Crippen LogP contribution in [0.15, 0.2) is 54.6 Å². The molecule has 3 N–H and O–H groups in total. The lowest BCUT2D eigenvalue weighted by molar-refractivity contribution is -0.124. The molecule has 0 aliphatic rings. The molecular weight excluding hydrogens is 446 g/mol. The minimum atomic E-state index is -0.705. The van der Waals surface area contributed by atoms with Crippen molar-refractivity contribution in [1.82, 2.24) is 20.4 Å². The number of nitrogens with zero attached hydrogens (tertiary/aromatic N) is 2. The number of aromatic nitrogens is 2. The molecule has 0 radical (unpaired) electrons. The first-order valence-electron chi connectivity index (χ1n) is 11.4. The Bertz CT molecular complexity index is 1190.